The van der Waals surface area contributed by atoms with Gasteiger partial charge in [0.1, 0.15) is 5.75 Å². The van der Waals surface area contributed by atoms with Gasteiger partial charge in [-0.1, -0.05) is 28.1 Å². The van der Waals surface area contributed by atoms with Crippen LogP contribution < -0.4 is 15.4 Å². The van der Waals surface area contributed by atoms with Crippen LogP contribution in [0, 0.1) is 0 Å². The summed E-state index contributed by atoms with van der Waals surface area (Å²) in [6.45, 7) is 0.194. The average molecular weight is 335 g/mol. The molecule has 0 spiro atoms. The van der Waals surface area contributed by atoms with Crippen molar-refractivity contribution in [3.8, 4) is 5.75 Å². The molecule has 104 valence electrons. The second kappa shape index (κ2) is 6.96. The molecule has 5 heteroatoms. The summed E-state index contributed by atoms with van der Waals surface area (Å²) in [5.74, 6) is 0.647. The highest BCUT2D eigenvalue weighted by atomic mass is 79.9. The van der Waals surface area contributed by atoms with E-state index in [1.807, 2.05) is 48.5 Å². The lowest BCUT2D eigenvalue weighted by atomic mass is 10.3. The maximum Gasteiger partial charge on any atom is 0.243 e. The van der Waals surface area contributed by atoms with Crippen molar-refractivity contribution < 1.29 is 9.53 Å². The van der Waals surface area contributed by atoms with E-state index in [2.05, 4.69) is 26.6 Å². The number of halogens is 1. The molecule has 4 nitrogen and oxygen atoms in total. The van der Waals surface area contributed by atoms with Gasteiger partial charge in [-0.15, -0.1) is 0 Å². The van der Waals surface area contributed by atoms with Gasteiger partial charge in [-0.3, -0.25) is 4.79 Å². The Morgan fingerprint density at radius 1 is 1.15 bits per heavy atom. The summed E-state index contributed by atoms with van der Waals surface area (Å²) in [5, 5.41) is 5.87. The number of rotatable bonds is 5. The van der Waals surface area contributed by atoms with Gasteiger partial charge in [-0.2, -0.15) is 0 Å². The van der Waals surface area contributed by atoms with Crippen LogP contribution in [-0.4, -0.2) is 19.6 Å². The Morgan fingerprint density at radius 3 is 2.65 bits per heavy atom. The third kappa shape index (κ3) is 4.28. The summed E-state index contributed by atoms with van der Waals surface area (Å²) >= 11 is 3.36. The summed E-state index contributed by atoms with van der Waals surface area (Å²) in [5.41, 5.74) is 1.60. The van der Waals surface area contributed by atoms with Crippen molar-refractivity contribution in [2.45, 2.75) is 0 Å². The maximum absolute atomic E-state index is 11.8. The van der Waals surface area contributed by atoms with Crippen molar-refractivity contribution in [3.05, 3.63) is 53.0 Å². The van der Waals surface area contributed by atoms with Gasteiger partial charge in [0, 0.05) is 21.9 Å². The first kappa shape index (κ1) is 14.4. The zero-order chi connectivity index (χ0) is 14.4. The molecule has 2 aromatic carbocycles. The number of hydrogen-bond donors (Lipinski definition) is 2. The average Bonchev–Trinajstić information content (AvgIpc) is 2.45. The number of hydrogen-bond acceptors (Lipinski definition) is 3. The van der Waals surface area contributed by atoms with Crippen LogP contribution in [0.1, 0.15) is 0 Å². The van der Waals surface area contributed by atoms with Crippen LogP contribution in [0.4, 0.5) is 11.4 Å². The molecule has 0 atom stereocenters. The molecule has 0 bridgehead atoms. The minimum atomic E-state index is -0.106. The van der Waals surface area contributed by atoms with Crippen LogP contribution in [0.2, 0.25) is 0 Å². The minimum absolute atomic E-state index is 0.106. The largest absolute Gasteiger partial charge is 0.497 e. The van der Waals surface area contributed by atoms with Crippen LogP contribution >= 0.6 is 15.9 Å². The number of benzene rings is 2. The first-order valence-corrected chi connectivity index (χ1v) is 6.90. The Kier molecular flexibility index (Phi) is 5.01. The number of anilines is 2. The lowest BCUT2D eigenvalue weighted by Gasteiger charge is -2.09. The maximum atomic E-state index is 11.8. The fourth-order valence-electron chi connectivity index (χ4n) is 1.69. The number of carbonyl (C=O) groups excluding carboxylic acids is 1. The van der Waals surface area contributed by atoms with E-state index >= 15 is 0 Å². The summed E-state index contributed by atoms with van der Waals surface area (Å²) in [6.07, 6.45) is 0. The molecule has 2 N–H and O–H groups in total. The quantitative estimate of drug-likeness (QED) is 0.879. The molecule has 0 unspecified atom stereocenters. The summed E-state index contributed by atoms with van der Waals surface area (Å²) < 4.78 is 6.05. The van der Waals surface area contributed by atoms with Crippen LogP contribution in [0.25, 0.3) is 0 Å². The fraction of sp³-hybridized carbons (Fsp3) is 0.133. The number of methoxy groups -OCH3 is 1. The van der Waals surface area contributed by atoms with Crippen LogP contribution in [0.3, 0.4) is 0 Å². The first-order chi connectivity index (χ1) is 9.67. The molecule has 1 amide bonds. The van der Waals surface area contributed by atoms with Crippen LogP contribution in [0.15, 0.2) is 53.0 Å². The van der Waals surface area contributed by atoms with E-state index in [-0.39, 0.29) is 12.5 Å². The molecule has 0 aromatic heterocycles. The van der Waals surface area contributed by atoms with E-state index in [0.29, 0.717) is 0 Å². The smallest absolute Gasteiger partial charge is 0.243 e. The molecule has 0 saturated carbocycles. The number of carbonyl (C=O) groups is 1. The van der Waals surface area contributed by atoms with E-state index in [1.54, 1.807) is 7.11 Å². The van der Waals surface area contributed by atoms with Gasteiger partial charge in [0.2, 0.25) is 5.91 Å². The number of nitrogens with one attached hydrogen (secondary N) is 2. The van der Waals surface area contributed by atoms with Crippen molar-refractivity contribution in [2.75, 3.05) is 24.3 Å². The number of ether oxygens (including phenoxy) is 1. The SMILES string of the molecule is COc1cccc(NCC(=O)Nc2cccc(Br)c2)c1. The van der Waals surface area contributed by atoms with Crippen LogP contribution in [0.5, 0.6) is 5.75 Å². The van der Waals surface area contributed by atoms with Gasteiger partial charge in [0.15, 0.2) is 0 Å². The normalized spacial score (nSPS) is 9.90. The van der Waals surface area contributed by atoms with Gasteiger partial charge in [-0.25, -0.2) is 0 Å². The van der Waals surface area contributed by atoms with E-state index in [4.69, 9.17) is 4.74 Å². The molecule has 0 saturated heterocycles. The molecule has 0 aliphatic carbocycles. The third-order valence-electron chi connectivity index (χ3n) is 2.63. The monoisotopic (exact) mass is 334 g/mol. The Balaban J connectivity index is 1.88. The lowest BCUT2D eigenvalue weighted by Crippen LogP contribution is -2.21. The molecule has 20 heavy (non-hydrogen) atoms. The van der Waals surface area contributed by atoms with Gasteiger partial charge < -0.3 is 15.4 Å². The summed E-state index contributed by atoms with van der Waals surface area (Å²) in [4.78, 5) is 11.8. The van der Waals surface area contributed by atoms with Gasteiger partial charge in [0.05, 0.1) is 13.7 Å². The van der Waals surface area contributed by atoms with E-state index < -0.39 is 0 Å². The minimum Gasteiger partial charge on any atom is -0.497 e. The topological polar surface area (TPSA) is 50.4 Å². The molecule has 2 aromatic rings. The molecule has 0 fully saturated rings. The second-order valence-electron chi connectivity index (χ2n) is 4.14. The standard InChI is InChI=1S/C15H15BrN2O2/c1-20-14-7-3-5-12(9-14)17-10-15(19)18-13-6-2-4-11(16)8-13/h2-9,17H,10H2,1H3,(H,18,19). The second-order valence-corrected chi connectivity index (χ2v) is 5.06. The van der Waals surface area contributed by atoms with E-state index in [0.717, 1.165) is 21.6 Å². The number of amides is 1. The first-order valence-electron chi connectivity index (χ1n) is 6.11. The highest BCUT2D eigenvalue weighted by Crippen LogP contribution is 2.17. The highest BCUT2D eigenvalue weighted by molar-refractivity contribution is 9.10. The zero-order valence-electron chi connectivity index (χ0n) is 11.0. The highest BCUT2D eigenvalue weighted by Gasteiger charge is 2.03. The fourth-order valence-corrected chi connectivity index (χ4v) is 2.09. The predicted octanol–water partition coefficient (Wildman–Crippen LogP) is 3.51. The van der Waals surface area contributed by atoms with Crippen molar-refractivity contribution >= 4 is 33.2 Å². The Labute approximate surface area is 126 Å². The molecular formula is C15H15BrN2O2. The zero-order valence-corrected chi connectivity index (χ0v) is 12.6. The van der Waals surface area contributed by atoms with Crippen molar-refractivity contribution in [3.63, 3.8) is 0 Å². The Morgan fingerprint density at radius 2 is 1.90 bits per heavy atom. The summed E-state index contributed by atoms with van der Waals surface area (Å²) in [6, 6.07) is 14.9. The van der Waals surface area contributed by atoms with Crippen LogP contribution in [-0.2, 0) is 4.79 Å². The third-order valence-corrected chi connectivity index (χ3v) is 3.12. The van der Waals surface area contributed by atoms with Gasteiger partial charge in [-0.05, 0) is 30.3 Å². The van der Waals surface area contributed by atoms with E-state index in [9.17, 15) is 4.79 Å². The molecule has 2 rings (SSSR count). The Hall–Kier alpha value is -2.01. The van der Waals surface area contributed by atoms with Crippen molar-refractivity contribution in [1.82, 2.24) is 0 Å². The Bertz CT molecular complexity index is 602. The predicted molar refractivity (Wildman–Crippen MR) is 84.3 cm³/mol. The van der Waals surface area contributed by atoms with Gasteiger partial charge in [0.25, 0.3) is 0 Å². The molecule has 0 aliphatic heterocycles. The summed E-state index contributed by atoms with van der Waals surface area (Å²) in [7, 11) is 1.61. The molecule has 0 heterocycles. The van der Waals surface area contributed by atoms with Crippen molar-refractivity contribution in [2.24, 2.45) is 0 Å². The molecular weight excluding hydrogens is 320 g/mol. The van der Waals surface area contributed by atoms with E-state index in [1.165, 1.54) is 0 Å². The van der Waals surface area contributed by atoms with Crippen molar-refractivity contribution in [1.29, 1.82) is 0 Å². The molecule has 0 aliphatic rings. The lowest BCUT2D eigenvalue weighted by molar-refractivity contribution is -0.114. The molecule has 0 radical (unpaired) electrons. The van der Waals surface area contributed by atoms with Gasteiger partial charge >= 0.3 is 0 Å².